The summed E-state index contributed by atoms with van der Waals surface area (Å²) in [6.45, 7) is 22.2. The van der Waals surface area contributed by atoms with Crippen molar-refractivity contribution in [2.45, 2.75) is 273 Å². The first kappa shape index (κ1) is 56.5. The van der Waals surface area contributed by atoms with Crippen LogP contribution < -0.4 is 12.4 Å². The van der Waals surface area contributed by atoms with Gasteiger partial charge in [-0.1, -0.05) is 215 Å². The van der Waals surface area contributed by atoms with Crippen LogP contribution >= 0.6 is 0 Å². The van der Waals surface area contributed by atoms with E-state index in [0.717, 1.165) is 0 Å². The molecule has 52 heavy (non-hydrogen) atoms. The molecule has 0 N–H and O–H groups in total. The van der Waals surface area contributed by atoms with Gasteiger partial charge in [-0.05, 0) is 77.4 Å². The second-order valence-corrected chi connectivity index (χ2v) is 17.2. The van der Waals surface area contributed by atoms with Gasteiger partial charge >= 0.3 is 0 Å². The third kappa shape index (κ3) is 46.4. The van der Waals surface area contributed by atoms with Crippen molar-refractivity contribution in [3.8, 4) is 0 Å². The molecule has 0 saturated heterocycles. The van der Waals surface area contributed by atoms with Crippen LogP contribution in [0.1, 0.15) is 273 Å². The quantitative estimate of drug-likeness (QED) is 0.0443. The first-order chi connectivity index (χ1) is 25.0. The summed E-state index contributed by atoms with van der Waals surface area (Å²) in [7, 11) is 2.56. The molecule has 0 amide bonds. The van der Waals surface area contributed by atoms with E-state index in [1.54, 1.807) is 0 Å². The molecule has 0 atom stereocenters. The highest BCUT2D eigenvalue weighted by molar-refractivity contribution is 4.60. The number of hydrogen-bond donors (Lipinski definition) is 0. The lowest BCUT2D eigenvalue weighted by molar-refractivity contribution is -0.910. The first-order valence-corrected chi connectivity index (χ1v) is 24.6. The molecule has 318 valence electrons. The molecule has 0 aromatic rings. The Hall–Kier alpha value is 0.210. The third-order valence-electron chi connectivity index (χ3n) is 11.6. The molecule has 0 bridgehead atoms. The molecule has 0 aromatic heterocycles. The largest absolute Gasteiger partial charge is 1.00 e. The fraction of sp³-hybridized carbons (Fsp3) is 1.00. The molecule has 0 heterocycles. The summed E-state index contributed by atoms with van der Waals surface area (Å²) in [6, 6.07) is 0. The van der Waals surface area contributed by atoms with E-state index in [4.69, 9.17) is 0 Å². The van der Waals surface area contributed by atoms with Crippen LogP contribution in [0.3, 0.4) is 0 Å². The number of hydrogen-bond acceptors (Lipinski definition) is 1. The van der Waals surface area contributed by atoms with Gasteiger partial charge in [0.1, 0.15) is 0 Å². The van der Waals surface area contributed by atoms with Crippen LogP contribution in [0.2, 0.25) is 0 Å². The second kappa shape index (κ2) is 49.2. The predicted molar refractivity (Wildman–Crippen MR) is 237 cm³/mol. The Morgan fingerprint density at radius 3 is 0.635 bits per heavy atom. The van der Waals surface area contributed by atoms with Crippen molar-refractivity contribution in [3.05, 3.63) is 0 Å². The SMILES string of the molecule is CCCCCCCCN(CCCCCCCC)CCCCCCCC.CCCCCCCC[N+](C)(CCCCCCCC)CCCCCCCC.[Cl-]. The zero-order valence-electron chi connectivity index (χ0n) is 38.0. The van der Waals surface area contributed by atoms with E-state index in [9.17, 15) is 0 Å². The van der Waals surface area contributed by atoms with Gasteiger partial charge in [-0.25, -0.2) is 0 Å². The molecular weight excluding hydrogens is 652 g/mol. The summed E-state index contributed by atoms with van der Waals surface area (Å²) in [6.07, 6.45) is 51.6. The molecule has 0 saturated carbocycles. The molecule has 0 aliphatic heterocycles. The molecule has 0 fully saturated rings. The highest BCUT2D eigenvalue weighted by Crippen LogP contribution is 2.17. The Morgan fingerprint density at radius 1 is 0.250 bits per heavy atom. The van der Waals surface area contributed by atoms with Crippen LogP contribution in [0.4, 0.5) is 0 Å². The average molecular weight is 758 g/mol. The summed E-state index contributed by atoms with van der Waals surface area (Å²) >= 11 is 0. The minimum absolute atomic E-state index is 0. The van der Waals surface area contributed by atoms with E-state index in [2.05, 4.69) is 53.5 Å². The van der Waals surface area contributed by atoms with Crippen molar-refractivity contribution in [1.29, 1.82) is 0 Å². The van der Waals surface area contributed by atoms with Crippen LogP contribution in [0, 0.1) is 0 Å². The molecule has 0 rings (SSSR count). The van der Waals surface area contributed by atoms with Crippen LogP contribution in [-0.4, -0.2) is 55.7 Å². The maximum Gasteiger partial charge on any atom is 0.0784 e. The Balaban J connectivity index is -0.000000907. The number of halogens is 1. The lowest BCUT2D eigenvalue weighted by Crippen LogP contribution is -3.00. The van der Waals surface area contributed by atoms with Gasteiger partial charge in [-0.3, -0.25) is 0 Å². The topological polar surface area (TPSA) is 3.24 Å². The van der Waals surface area contributed by atoms with Gasteiger partial charge in [-0.15, -0.1) is 0 Å². The highest BCUT2D eigenvalue weighted by atomic mass is 35.5. The van der Waals surface area contributed by atoms with Crippen LogP contribution in [-0.2, 0) is 0 Å². The summed E-state index contributed by atoms with van der Waals surface area (Å²) in [5, 5.41) is 0. The zero-order valence-corrected chi connectivity index (χ0v) is 38.7. The van der Waals surface area contributed by atoms with Gasteiger partial charge < -0.3 is 21.8 Å². The van der Waals surface area contributed by atoms with Crippen molar-refractivity contribution in [2.75, 3.05) is 46.3 Å². The van der Waals surface area contributed by atoms with Crippen LogP contribution in [0.15, 0.2) is 0 Å². The normalized spacial score (nSPS) is 11.5. The van der Waals surface area contributed by atoms with E-state index in [-0.39, 0.29) is 12.4 Å². The number of rotatable bonds is 42. The maximum atomic E-state index is 2.79. The van der Waals surface area contributed by atoms with E-state index < -0.39 is 0 Å². The van der Waals surface area contributed by atoms with Gasteiger partial charge in [0.05, 0.1) is 26.7 Å². The lowest BCUT2D eigenvalue weighted by Gasteiger charge is -2.35. The van der Waals surface area contributed by atoms with Crippen LogP contribution in [0.5, 0.6) is 0 Å². The van der Waals surface area contributed by atoms with Gasteiger partial charge in [0.15, 0.2) is 0 Å². The number of quaternary nitrogens is 1. The second-order valence-electron chi connectivity index (χ2n) is 17.2. The molecule has 0 unspecified atom stereocenters. The first-order valence-electron chi connectivity index (χ1n) is 24.6. The van der Waals surface area contributed by atoms with E-state index in [1.165, 1.54) is 275 Å². The van der Waals surface area contributed by atoms with E-state index >= 15 is 0 Å². The highest BCUT2D eigenvalue weighted by Gasteiger charge is 2.20. The zero-order chi connectivity index (χ0) is 37.8. The lowest BCUT2D eigenvalue weighted by atomic mass is 10.1. The number of nitrogens with zero attached hydrogens (tertiary/aromatic N) is 2. The minimum Gasteiger partial charge on any atom is -1.00 e. The number of unbranched alkanes of at least 4 members (excludes halogenated alkanes) is 30. The smallest absolute Gasteiger partial charge is 0.0784 e. The fourth-order valence-electron chi connectivity index (χ4n) is 7.84. The maximum absolute atomic E-state index is 2.79. The fourth-order valence-corrected chi connectivity index (χ4v) is 7.84. The molecule has 0 aliphatic carbocycles. The van der Waals surface area contributed by atoms with Crippen molar-refractivity contribution < 1.29 is 16.9 Å². The van der Waals surface area contributed by atoms with E-state index in [0.29, 0.717) is 0 Å². The minimum atomic E-state index is 0. The Kier molecular flexibility index (Phi) is 53.5. The third-order valence-corrected chi connectivity index (χ3v) is 11.6. The van der Waals surface area contributed by atoms with Crippen molar-refractivity contribution in [1.82, 2.24) is 4.90 Å². The summed E-state index contributed by atoms with van der Waals surface area (Å²) in [5.74, 6) is 0. The van der Waals surface area contributed by atoms with Crippen molar-refractivity contribution in [2.24, 2.45) is 0 Å². The molecule has 0 radical (unpaired) electrons. The summed E-state index contributed by atoms with van der Waals surface area (Å²) in [4.78, 5) is 2.79. The molecular formula is C49H105ClN2. The van der Waals surface area contributed by atoms with E-state index in [1.807, 2.05) is 0 Å². The standard InChI is InChI=1S/C25H54N.C24H51N.ClH/c1-5-8-11-14-17-20-23-26(4,24-21-18-15-12-9-6-2)25-22-19-16-13-10-7-3;1-4-7-10-13-16-19-22-25(23-20-17-14-11-8-5-2)24-21-18-15-12-9-6-3;/h5-25H2,1-4H3;4-24H2,1-3H3;1H/q+1;;/p-1. The Labute approximate surface area is 339 Å². The van der Waals surface area contributed by atoms with Gasteiger partial charge in [0.2, 0.25) is 0 Å². The van der Waals surface area contributed by atoms with Gasteiger partial charge in [-0.2, -0.15) is 0 Å². The average Bonchev–Trinajstić information content (AvgIpc) is 3.13. The van der Waals surface area contributed by atoms with Crippen LogP contribution in [0.25, 0.3) is 0 Å². The van der Waals surface area contributed by atoms with Crippen molar-refractivity contribution in [3.63, 3.8) is 0 Å². The molecule has 2 nitrogen and oxygen atoms in total. The van der Waals surface area contributed by atoms with Crippen molar-refractivity contribution >= 4 is 0 Å². The summed E-state index contributed by atoms with van der Waals surface area (Å²) in [5.41, 5.74) is 0. The van der Waals surface area contributed by atoms with Gasteiger partial charge in [0, 0.05) is 0 Å². The predicted octanol–water partition coefficient (Wildman–Crippen LogP) is 13.9. The molecule has 0 aliphatic rings. The molecule has 3 heteroatoms. The Bertz CT molecular complexity index is 517. The monoisotopic (exact) mass is 757 g/mol. The molecule has 0 spiro atoms. The molecule has 0 aromatic carbocycles. The summed E-state index contributed by atoms with van der Waals surface area (Å²) < 4.78 is 1.36. The Morgan fingerprint density at radius 2 is 0.423 bits per heavy atom. The van der Waals surface area contributed by atoms with Gasteiger partial charge in [0.25, 0.3) is 0 Å².